The predicted octanol–water partition coefficient (Wildman–Crippen LogP) is 2.76. The van der Waals surface area contributed by atoms with Crippen molar-refractivity contribution in [1.82, 2.24) is 4.72 Å². The van der Waals surface area contributed by atoms with Gasteiger partial charge in [-0.3, -0.25) is 0 Å². The zero-order chi connectivity index (χ0) is 20.9. The molecule has 3 atom stereocenters. The van der Waals surface area contributed by atoms with Crippen LogP contribution in [0.1, 0.15) is 50.4 Å². The molecule has 1 saturated carbocycles. The Morgan fingerprint density at radius 2 is 1.82 bits per heavy atom. The molecular weight excluding hydrogens is 382 g/mol. The van der Waals surface area contributed by atoms with Crippen LogP contribution in [0, 0.1) is 17.8 Å². The van der Waals surface area contributed by atoms with Crippen LogP contribution in [0.4, 0.5) is 0 Å². The lowest BCUT2D eigenvalue weighted by molar-refractivity contribution is -0.159. The molecule has 0 aliphatic heterocycles. The van der Waals surface area contributed by atoms with Gasteiger partial charge in [-0.25, -0.2) is 22.7 Å². The molecule has 0 saturated heterocycles. The molecule has 156 valence electrons. The highest BCUT2D eigenvalue weighted by atomic mass is 32.2. The lowest BCUT2D eigenvalue weighted by Crippen LogP contribution is -2.36. The fourth-order valence-electron chi connectivity index (χ4n) is 3.55. The van der Waals surface area contributed by atoms with Crippen LogP contribution in [-0.4, -0.2) is 40.1 Å². The topological polar surface area (TPSA) is 98.8 Å². The molecular formula is C20H29NO6S. The Bertz CT molecular complexity index is 787. The third-order valence-electron chi connectivity index (χ3n) is 5.23. The number of hydrogen-bond donors (Lipinski definition) is 1. The van der Waals surface area contributed by atoms with E-state index in [1.165, 1.54) is 31.3 Å². The Morgan fingerprint density at radius 1 is 1.18 bits per heavy atom. The number of carbonyl (C=O) groups is 2. The van der Waals surface area contributed by atoms with Crippen molar-refractivity contribution >= 4 is 22.0 Å². The van der Waals surface area contributed by atoms with E-state index in [-0.39, 0.29) is 16.6 Å². The van der Waals surface area contributed by atoms with Gasteiger partial charge in [0.2, 0.25) is 10.0 Å². The second kappa shape index (κ2) is 9.52. The van der Waals surface area contributed by atoms with Gasteiger partial charge in [-0.2, -0.15) is 0 Å². The number of sulfonamides is 1. The molecule has 7 nitrogen and oxygen atoms in total. The van der Waals surface area contributed by atoms with E-state index < -0.39 is 28.6 Å². The summed E-state index contributed by atoms with van der Waals surface area (Å²) in [6.07, 6.45) is 2.83. The fraction of sp³-hybridized carbons (Fsp3) is 0.600. The Balaban J connectivity index is 1.90. The molecule has 28 heavy (non-hydrogen) atoms. The highest BCUT2D eigenvalue weighted by Crippen LogP contribution is 2.35. The molecule has 8 heteroatoms. The number of benzene rings is 1. The Kier molecular flexibility index (Phi) is 7.60. The van der Waals surface area contributed by atoms with Crippen molar-refractivity contribution < 1.29 is 27.5 Å². The third kappa shape index (κ3) is 5.78. The molecule has 0 amide bonds. The van der Waals surface area contributed by atoms with E-state index in [0.717, 1.165) is 19.3 Å². The van der Waals surface area contributed by atoms with E-state index in [1.54, 1.807) is 0 Å². The van der Waals surface area contributed by atoms with Crippen molar-refractivity contribution in [3.05, 3.63) is 29.8 Å². The standard InChI is InChI=1S/C20H29NO6S/c1-13(2)17-10-5-14(3)11-18(17)27-19(22)12-26-20(23)15-6-8-16(9-7-15)28(24,25)21-4/h6-9,13-14,17-18,21H,5,10-12H2,1-4H3. The number of nitrogens with one attached hydrogen (secondary N) is 1. The Hall–Kier alpha value is -1.93. The lowest BCUT2D eigenvalue weighted by atomic mass is 9.75. The van der Waals surface area contributed by atoms with Crippen molar-refractivity contribution in [1.29, 1.82) is 0 Å². The minimum atomic E-state index is -3.58. The molecule has 0 aromatic heterocycles. The highest BCUT2D eigenvalue weighted by molar-refractivity contribution is 7.89. The van der Waals surface area contributed by atoms with Gasteiger partial charge in [0.05, 0.1) is 10.5 Å². The molecule has 1 aliphatic carbocycles. The van der Waals surface area contributed by atoms with Gasteiger partial charge in [0, 0.05) is 0 Å². The molecule has 2 rings (SSSR count). The van der Waals surface area contributed by atoms with Crippen LogP contribution in [0.25, 0.3) is 0 Å². The smallest absolute Gasteiger partial charge is 0.344 e. The van der Waals surface area contributed by atoms with Crippen molar-refractivity contribution in [3.63, 3.8) is 0 Å². The van der Waals surface area contributed by atoms with Gasteiger partial charge in [0.15, 0.2) is 6.61 Å². The maximum atomic E-state index is 12.2. The summed E-state index contributed by atoms with van der Waals surface area (Å²) in [5.74, 6) is -0.0317. The number of hydrogen-bond acceptors (Lipinski definition) is 6. The maximum Gasteiger partial charge on any atom is 0.344 e. The van der Waals surface area contributed by atoms with E-state index in [0.29, 0.717) is 17.8 Å². The average molecular weight is 412 g/mol. The summed E-state index contributed by atoms with van der Waals surface area (Å²) in [5.41, 5.74) is 0.161. The average Bonchev–Trinajstić information content (AvgIpc) is 2.66. The van der Waals surface area contributed by atoms with Crippen molar-refractivity contribution in [2.24, 2.45) is 17.8 Å². The molecule has 1 aromatic rings. The summed E-state index contributed by atoms with van der Waals surface area (Å²) in [7, 11) is -2.27. The van der Waals surface area contributed by atoms with E-state index >= 15 is 0 Å². The Morgan fingerprint density at radius 3 is 2.39 bits per heavy atom. The first-order valence-electron chi connectivity index (χ1n) is 9.54. The minimum absolute atomic E-state index is 0.0390. The van der Waals surface area contributed by atoms with Crippen LogP contribution >= 0.6 is 0 Å². The van der Waals surface area contributed by atoms with Gasteiger partial charge < -0.3 is 9.47 Å². The zero-order valence-electron chi connectivity index (χ0n) is 16.8. The predicted molar refractivity (Wildman–Crippen MR) is 104 cm³/mol. The summed E-state index contributed by atoms with van der Waals surface area (Å²) < 4.78 is 36.2. The van der Waals surface area contributed by atoms with Gasteiger partial charge in [0.25, 0.3) is 0 Å². The minimum Gasteiger partial charge on any atom is -0.460 e. The van der Waals surface area contributed by atoms with Crippen LogP contribution < -0.4 is 4.72 Å². The molecule has 0 bridgehead atoms. The lowest BCUT2D eigenvalue weighted by Gasteiger charge is -2.36. The first-order valence-corrected chi connectivity index (χ1v) is 11.0. The van der Waals surface area contributed by atoms with E-state index in [1.807, 2.05) is 0 Å². The van der Waals surface area contributed by atoms with Crippen molar-refractivity contribution in [3.8, 4) is 0 Å². The first kappa shape index (κ1) is 22.4. The number of ether oxygens (including phenoxy) is 2. The molecule has 1 fully saturated rings. The second-order valence-corrected chi connectivity index (χ2v) is 9.55. The molecule has 0 radical (unpaired) electrons. The van der Waals surface area contributed by atoms with Gasteiger partial charge >= 0.3 is 11.9 Å². The highest BCUT2D eigenvalue weighted by Gasteiger charge is 2.33. The van der Waals surface area contributed by atoms with Crippen LogP contribution in [0.3, 0.4) is 0 Å². The van der Waals surface area contributed by atoms with E-state index in [4.69, 9.17) is 9.47 Å². The van der Waals surface area contributed by atoms with Crippen molar-refractivity contribution in [2.45, 2.75) is 51.0 Å². The third-order valence-corrected chi connectivity index (χ3v) is 6.66. The number of rotatable bonds is 7. The summed E-state index contributed by atoms with van der Waals surface area (Å²) in [4.78, 5) is 24.3. The normalized spacial score (nSPS) is 22.7. The summed E-state index contributed by atoms with van der Waals surface area (Å²) in [6, 6.07) is 5.29. The second-order valence-electron chi connectivity index (χ2n) is 7.66. The van der Waals surface area contributed by atoms with Gasteiger partial charge in [-0.1, -0.05) is 27.2 Å². The van der Waals surface area contributed by atoms with Crippen molar-refractivity contribution in [2.75, 3.05) is 13.7 Å². The van der Waals surface area contributed by atoms with E-state index in [9.17, 15) is 18.0 Å². The fourth-order valence-corrected chi connectivity index (χ4v) is 4.28. The quantitative estimate of drug-likeness (QED) is 0.693. The first-order chi connectivity index (χ1) is 13.1. The molecule has 1 N–H and O–H groups in total. The van der Waals surface area contributed by atoms with Gasteiger partial charge in [-0.05, 0) is 61.9 Å². The molecule has 1 aromatic carbocycles. The number of carbonyl (C=O) groups excluding carboxylic acids is 2. The van der Waals surface area contributed by atoms with Crippen LogP contribution in [0.15, 0.2) is 29.2 Å². The maximum absolute atomic E-state index is 12.2. The monoisotopic (exact) mass is 411 g/mol. The molecule has 1 aliphatic rings. The van der Waals surface area contributed by atoms with Gasteiger partial charge in [0.1, 0.15) is 6.10 Å². The molecule has 0 spiro atoms. The van der Waals surface area contributed by atoms with Crippen LogP contribution in [-0.2, 0) is 24.3 Å². The van der Waals surface area contributed by atoms with Crippen LogP contribution in [0.2, 0.25) is 0 Å². The van der Waals surface area contributed by atoms with Gasteiger partial charge in [-0.15, -0.1) is 0 Å². The zero-order valence-corrected chi connectivity index (χ0v) is 17.6. The summed E-state index contributed by atoms with van der Waals surface area (Å²) in [5, 5.41) is 0. The molecule has 3 unspecified atom stereocenters. The largest absolute Gasteiger partial charge is 0.460 e. The van der Waals surface area contributed by atoms with Crippen LogP contribution in [0.5, 0.6) is 0 Å². The van der Waals surface area contributed by atoms with E-state index in [2.05, 4.69) is 25.5 Å². The summed E-state index contributed by atoms with van der Waals surface area (Å²) in [6.45, 7) is 5.93. The SMILES string of the molecule is CNS(=O)(=O)c1ccc(C(=O)OCC(=O)OC2CC(C)CCC2C(C)C)cc1. The molecule has 0 heterocycles. The Labute approximate surface area is 166 Å². The number of esters is 2. The summed E-state index contributed by atoms with van der Waals surface area (Å²) >= 11 is 0.